The van der Waals surface area contributed by atoms with Crippen molar-refractivity contribution in [2.24, 2.45) is 5.41 Å². The molecule has 0 aromatic heterocycles. The van der Waals surface area contributed by atoms with Crippen LogP contribution in [0.4, 0.5) is 0 Å². The molecular formula is C11H19N3O2S. The Labute approximate surface area is 107 Å². The monoisotopic (exact) mass is 257 g/mol. The van der Waals surface area contributed by atoms with E-state index in [1.807, 2.05) is 4.90 Å². The number of piperazine rings is 1. The molecule has 0 aromatic carbocycles. The normalized spacial score (nSPS) is 25.1. The highest BCUT2D eigenvalue weighted by atomic mass is 32.1. The van der Waals surface area contributed by atoms with E-state index < -0.39 is 11.4 Å². The SMILES string of the molecule is CC(C)(CN1C[C@@H]2CNCCN2C1=S)C(=O)O. The second-order valence-corrected chi connectivity index (χ2v) is 5.77. The lowest BCUT2D eigenvalue weighted by molar-refractivity contribution is -0.147. The van der Waals surface area contributed by atoms with Crippen molar-refractivity contribution in [3.8, 4) is 0 Å². The van der Waals surface area contributed by atoms with Crippen molar-refractivity contribution in [2.45, 2.75) is 19.9 Å². The van der Waals surface area contributed by atoms with Crippen LogP contribution in [0.15, 0.2) is 0 Å². The van der Waals surface area contributed by atoms with Crippen molar-refractivity contribution >= 4 is 23.3 Å². The number of aliphatic carboxylic acids is 1. The fourth-order valence-electron chi connectivity index (χ4n) is 2.37. The molecule has 0 unspecified atom stereocenters. The summed E-state index contributed by atoms with van der Waals surface area (Å²) in [5.41, 5.74) is -0.758. The predicted octanol–water partition coefficient (Wildman–Crippen LogP) is -0.0285. The van der Waals surface area contributed by atoms with E-state index in [9.17, 15) is 4.79 Å². The number of hydrogen-bond donors (Lipinski definition) is 2. The molecule has 17 heavy (non-hydrogen) atoms. The molecule has 2 aliphatic rings. The van der Waals surface area contributed by atoms with Gasteiger partial charge < -0.3 is 20.2 Å². The molecule has 6 heteroatoms. The van der Waals surface area contributed by atoms with E-state index in [-0.39, 0.29) is 0 Å². The van der Waals surface area contributed by atoms with Crippen LogP contribution in [0, 0.1) is 5.41 Å². The van der Waals surface area contributed by atoms with Crippen LogP contribution in [0.2, 0.25) is 0 Å². The Bertz CT molecular complexity index is 346. The quantitative estimate of drug-likeness (QED) is 0.693. The van der Waals surface area contributed by atoms with E-state index in [0.29, 0.717) is 12.6 Å². The topological polar surface area (TPSA) is 55.8 Å². The maximum Gasteiger partial charge on any atom is 0.310 e. The first-order valence-electron chi connectivity index (χ1n) is 5.91. The number of rotatable bonds is 3. The molecule has 2 fully saturated rings. The minimum atomic E-state index is -0.775. The molecule has 96 valence electrons. The Morgan fingerprint density at radius 1 is 1.65 bits per heavy atom. The fraction of sp³-hybridized carbons (Fsp3) is 0.818. The summed E-state index contributed by atoms with van der Waals surface area (Å²) in [6.45, 7) is 7.61. The molecule has 0 aliphatic carbocycles. The Morgan fingerprint density at radius 3 is 2.94 bits per heavy atom. The first-order chi connectivity index (χ1) is 7.92. The van der Waals surface area contributed by atoms with Crippen LogP contribution in [0.1, 0.15) is 13.8 Å². The molecule has 0 aromatic rings. The largest absolute Gasteiger partial charge is 0.481 e. The molecule has 0 bridgehead atoms. The Balaban J connectivity index is 2.04. The van der Waals surface area contributed by atoms with Crippen LogP contribution in [0.25, 0.3) is 0 Å². The van der Waals surface area contributed by atoms with Gasteiger partial charge in [-0.25, -0.2) is 0 Å². The molecular weight excluding hydrogens is 238 g/mol. The van der Waals surface area contributed by atoms with Crippen molar-refractivity contribution in [2.75, 3.05) is 32.7 Å². The first-order valence-corrected chi connectivity index (χ1v) is 6.32. The van der Waals surface area contributed by atoms with Crippen molar-refractivity contribution in [3.05, 3.63) is 0 Å². The number of nitrogens with one attached hydrogen (secondary N) is 1. The van der Waals surface area contributed by atoms with Gasteiger partial charge >= 0.3 is 5.97 Å². The lowest BCUT2D eigenvalue weighted by Crippen LogP contribution is -2.49. The summed E-state index contributed by atoms with van der Waals surface area (Å²) in [6.07, 6.45) is 0. The standard InChI is InChI=1S/C11H19N3O2S/c1-11(2,9(15)16)7-13-6-8-5-12-3-4-14(8)10(13)17/h8,12H,3-7H2,1-2H3,(H,15,16)/t8-/m0/s1. The Kier molecular flexibility index (Phi) is 3.27. The highest BCUT2D eigenvalue weighted by Gasteiger charge is 2.39. The van der Waals surface area contributed by atoms with Crippen LogP contribution in [0.5, 0.6) is 0 Å². The summed E-state index contributed by atoms with van der Waals surface area (Å²) in [5.74, 6) is -0.775. The zero-order chi connectivity index (χ0) is 12.6. The number of hydrogen-bond acceptors (Lipinski definition) is 3. The maximum absolute atomic E-state index is 11.1. The van der Waals surface area contributed by atoms with Gasteiger partial charge in [-0.1, -0.05) is 0 Å². The van der Waals surface area contributed by atoms with E-state index in [2.05, 4.69) is 10.2 Å². The average molecular weight is 257 g/mol. The molecule has 2 rings (SSSR count). The van der Waals surface area contributed by atoms with Crippen LogP contribution >= 0.6 is 12.2 Å². The third-order valence-corrected chi connectivity index (χ3v) is 3.96. The minimum Gasteiger partial charge on any atom is -0.481 e. The average Bonchev–Trinajstić information content (AvgIpc) is 2.56. The van der Waals surface area contributed by atoms with Crippen LogP contribution in [0.3, 0.4) is 0 Å². The molecule has 0 spiro atoms. The highest BCUT2D eigenvalue weighted by molar-refractivity contribution is 7.80. The van der Waals surface area contributed by atoms with Gasteiger partial charge in [0.25, 0.3) is 0 Å². The smallest absolute Gasteiger partial charge is 0.310 e. The molecule has 0 radical (unpaired) electrons. The Morgan fingerprint density at radius 2 is 2.35 bits per heavy atom. The third kappa shape index (κ3) is 2.37. The van der Waals surface area contributed by atoms with E-state index >= 15 is 0 Å². The van der Waals surface area contributed by atoms with Gasteiger partial charge in [0.1, 0.15) is 0 Å². The van der Waals surface area contributed by atoms with Gasteiger partial charge in [-0.3, -0.25) is 4.79 Å². The van der Waals surface area contributed by atoms with Gasteiger partial charge in [0.05, 0.1) is 11.5 Å². The summed E-state index contributed by atoms with van der Waals surface area (Å²) in [7, 11) is 0. The van der Waals surface area contributed by atoms with Crippen molar-refractivity contribution in [1.29, 1.82) is 0 Å². The van der Waals surface area contributed by atoms with Gasteiger partial charge in [-0.15, -0.1) is 0 Å². The van der Waals surface area contributed by atoms with Crippen molar-refractivity contribution in [1.82, 2.24) is 15.1 Å². The minimum absolute atomic E-state index is 0.404. The lowest BCUT2D eigenvalue weighted by Gasteiger charge is -2.30. The number of carboxylic acids is 1. The van der Waals surface area contributed by atoms with Crippen LogP contribution in [-0.2, 0) is 4.79 Å². The molecule has 0 amide bonds. The molecule has 2 N–H and O–H groups in total. The first kappa shape index (κ1) is 12.6. The molecule has 2 aliphatic heterocycles. The number of carboxylic acid groups (broad SMARTS) is 1. The molecule has 2 saturated heterocycles. The van der Waals surface area contributed by atoms with Gasteiger partial charge in [0.2, 0.25) is 0 Å². The summed E-state index contributed by atoms with van der Waals surface area (Å²) in [5, 5.41) is 13.3. The van der Waals surface area contributed by atoms with E-state index in [1.54, 1.807) is 13.8 Å². The molecule has 2 heterocycles. The number of fused-ring (bicyclic) bond motifs is 1. The zero-order valence-corrected chi connectivity index (χ0v) is 11.1. The summed E-state index contributed by atoms with van der Waals surface area (Å²) in [6, 6.07) is 0.404. The maximum atomic E-state index is 11.1. The summed E-state index contributed by atoms with van der Waals surface area (Å²) < 4.78 is 0. The van der Waals surface area contributed by atoms with Gasteiger partial charge in [0, 0.05) is 32.7 Å². The van der Waals surface area contributed by atoms with E-state index in [4.69, 9.17) is 17.3 Å². The molecule has 1 atom stereocenters. The second kappa shape index (κ2) is 4.42. The number of thiocarbonyl (C=S) groups is 1. The summed E-state index contributed by atoms with van der Waals surface area (Å²) >= 11 is 5.42. The number of carbonyl (C=O) groups is 1. The molecule has 5 nitrogen and oxygen atoms in total. The van der Waals surface area contributed by atoms with Gasteiger partial charge in [0.15, 0.2) is 5.11 Å². The Hall–Kier alpha value is -0.880. The highest BCUT2D eigenvalue weighted by Crippen LogP contribution is 2.24. The van der Waals surface area contributed by atoms with Gasteiger partial charge in [-0.05, 0) is 26.1 Å². The zero-order valence-electron chi connectivity index (χ0n) is 10.3. The molecule has 0 saturated carbocycles. The van der Waals surface area contributed by atoms with Crippen LogP contribution in [-0.4, -0.2) is 64.8 Å². The fourth-order valence-corrected chi connectivity index (χ4v) is 2.75. The van der Waals surface area contributed by atoms with Crippen molar-refractivity contribution in [3.63, 3.8) is 0 Å². The third-order valence-electron chi connectivity index (χ3n) is 3.46. The van der Waals surface area contributed by atoms with Crippen molar-refractivity contribution < 1.29 is 9.90 Å². The lowest BCUT2D eigenvalue weighted by atomic mass is 9.93. The van der Waals surface area contributed by atoms with Crippen LogP contribution < -0.4 is 5.32 Å². The second-order valence-electron chi connectivity index (χ2n) is 5.40. The van der Waals surface area contributed by atoms with E-state index in [1.165, 1.54) is 0 Å². The van der Waals surface area contributed by atoms with E-state index in [0.717, 1.165) is 31.3 Å². The predicted molar refractivity (Wildman–Crippen MR) is 69.0 cm³/mol. The summed E-state index contributed by atoms with van der Waals surface area (Å²) in [4.78, 5) is 15.4. The number of nitrogens with zero attached hydrogens (tertiary/aromatic N) is 2. The van der Waals surface area contributed by atoms with Gasteiger partial charge in [-0.2, -0.15) is 0 Å².